The minimum absolute atomic E-state index is 0.107. The second-order valence-corrected chi connectivity index (χ2v) is 41.8. The topological polar surface area (TPSA) is 70.7 Å². The van der Waals surface area contributed by atoms with Crippen LogP contribution in [0.25, 0.3) is 0 Å². The lowest BCUT2D eigenvalue weighted by Crippen LogP contribution is -2.34. The maximum atomic E-state index is 12.8. The van der Waals surface area contributed by atoms with Crippen LogP contribution in [0.4, 0.5) is 21.0 Å². The first-order valence-electron chi connectivity index (χ1n) is 58.6. The summed E-state index contributed by atoms with van der Waals surface area (Å²) in [6, 6.07) is 5.48. The second-order valence-electron chi connectivity index (χ2n) is 41.8. The van der Waals surface area contributed by atoms with E-state index in [9.17, 15) is 9.59 Å². The molecule has 124 heavy (non-hydrogen) atoms. The molecule has 1 fully saturated rings. The van der Waals surface area contributed by atoms with E-state index in [0.717, 1.165) is 24.9 Å². The molecule has 1 aliphatic carbocycles. The van der Waals surface area contributed by atoms with E-state index in [2.05, 4.69) is 17.6 Å². The highest BCUT2D eigenvalue weighted by atomic mass is 16.5. The maximum absolute atomic E-state index is 12.8. The predicted molar refractivity (Wildman–Crippen MR) is 557 cm³/mol. The third kappa shape index (κ3) is 90.3. The third-order valence-corrected chi connectivity index (χ3v) is 29.3. The zero-order valence-electron chi connectivity index (χ0n) is 85.4. The number of ether oxygens (including phenoxy) is 1. The number of urea groups is 1. The monoisotopic (exact) mass is 1730 g/mol. The van der Waals surface area contributed by atoms with Crippen LogP contribution in [0, 0.1) is 12.8 Å². The molecule has 732 valence electrons. The number of nitrogens with zero attached hydrogens (tertiary/aromatic N) is 1. The number of unbranched alkanes of at least 4 members (excludes halogenated alkanes) is 99. The van der Waals surface area contributed by atoms with E-state index >= 15 is 0 Å². The number of nitrogens with one attached hydrogen (secondary N) is 2. The van der Waals surface area contributed by atoms with E-state index in [1.807, 2.05) is 32.2 Å². The van der Waals surface area contributed by atoms with Crippen molar-refractivity contribution in [3.8, 4) is 0 Å². The minimum Gasteiger partial charge on any atom is -0.449 e. The molecule has 0 saturated heterocycles. The van der Waals surface area contributed by atoms with Gasteiger partial charge in [-0.2, -0.15) is 0 Å². The zero-order valence-corrected chi connectivity index (χ0v) is 85.4. The molecule has 0 heterocycles. The van der Waals surface area contributed by atoms with Crippen molar-refractivity contribution in [3.63, 3.8) is 0 Å². The summed E-state index contributed by atoms with van der Waals surface area (Å²) < 4.78 is 5.47. The Bertz CT molecular complexity index is 2200. The summed E-state index contributed by atoms with van der Waals surface area (Å²) in [5.41, 5.74) is 2.30. The molecule has 3 amide bonds. The van der Waals surface area contributed by atoms with E-state index < -0.39 is 6.09 Å². The number of amides is 3. The van der Waals surface area contributed by atoms with Gasteiger partial charge in [0.1, 0.15) is 0 Å². The van der Waals surface area contributed by atoms with Gasteiger partial charge in [0.05, 0.1) is 6.61 Å². The summed E-state index contributed by atoms with van der Waals surface area (Å²) in [4.78, 5) is 27.1. The summed E-state index contributed by atoms with van der Waals surface area (Å²) in [5, 5.41) is 5.86. The molecule has 0 aliphatic heterocycles. The molecule has 6 heteroatoms. The molecule has 0 bridgehead atoms. The number of anilines is 2. The van der Waals surface area contributed by atoms with Crippen LogP contribution in [-0.2, 0) is 4.74 Å². The third-order valence-electron chi connectivity index (χ3n) is 29.3. The molecule has 2 N–H and O–H groups in total. The average molecular weight is 1740 g/mol. The first kappa shape index (κ1) is 118. The first-order valence-corrected chi connectivity index (χ1v) is 58.6. The normalized spacial score (nSPS) is 12.4. The van der Waals surface area contributed by atoms with Crippen molar-refractivity contribution >= 4 is 23.5 Å². The van der Waals surface area contributed by atoms with E-state index in [4.69, 9.17) is 4.74 Å². The Hall–Kier alpha value is -2.24. The van der Waals surface area contributed by atoms with Crippen LogP contribution < -0.4 is 10.6 Å². The summed E-state index contributed by atoms with van der Waals surface area (Å²) in [7, 11) is 1.86. The summed E-state index contributed by atoms with van der Waals surface area (Å²) >= 11 is 0. The van der Waals surface area contributed by atoms with Gasteiger partial charge in [0, 0.05) is 25.0 Å². The van der Waals surface area contributed by atoms with E-state index in [1.54, 1.807) is 4.90 Å². The summed E-state index contributed by atoms with van der Waals surface area (Å²) in [5.74, 6) is 0.602. The molecule has 1 saturated carbocycles. The second kappa shape index (κ2) is 101. The molecule has 0 unspecified atom stereocenters. The van der Waals surface area contributed by atoms with Crippen LogP contribution in [0.3, 0.4) is 0 Å². The number of hydrogen-bond acceptors (Lipinski definition) is 3. The molecular weight excluding hydrogens is 1510 g/mol. The van der Waals surface area contributed by atoms with Crippen LogP contribution in [0.2, 0.25) is 0 Å². The molecule has 0 atom stereocenters. The van der Waals surface area contributed by atoms with Crippen LogP contribution in [0.5, 0.6) is 0 Å². The fraction of sp³-hybridized carbons (Fsp3) is 0.932. The predicted octanol–water partition coefficient (Wildman–Crippen LogP) is 43.2. The molecule has 0 spiro atoms. The quantitative estimate of drug-likeness (QED) is 0.0639. The highest BCUT2D eigenvalue weighted by Gasteiger charge is 2.20. The van der Waals surface area contributed by atoms with Crippen molar-refractivity contribution in [2.24, 2.45) is 5.92 Å². The SMILES string of the molecule is CCCCCCCCCCCCCCCCCCCCCCCCCCCCCCCCCCCCCCCCCCCCCCCCCCCCCCCCCCCCCCCCCCCCCCCCCCCCCCCCCCCCCCCCCCCCCCCCCCCCCCOC(=O)Nc1ccc(C)c(NC(=O)N(C)CC2CCCC2)c1. The number of aryl methyl sites for hydroxylation is 1. The maximum Gasteiger partial charge on any atom is 0.411 e. The van der Waals surface area contributed by atoms with Crippen molar-refractivity contribution in [2.45, 2.75) is 682 Å². The Kier molecular flexibility index (Phi) is 96.3. The first-order chi connectivity index (χ1) is 61.5. The fourth-order valence-corrected chi connectivity index (χ4v) is 20.5. The van der Waals surface area contributed by atoms with Gasteiger partial charge in [-0.3, -0.25) is 5.32 Å². The molecule has 0 radical (unpaired) electrons. The molecule has 1 aliphatic rings. The number of carbonyl (C=O) groups excluding carboxylic acids is 2. The zero-order chi connectivity index (χ0) is 88.2. The van der Waals surface area contributed by atoms with Gasteiger partial charge < -0.3 is 15.0 Å². The Morgan fingerprint density at radius 3 is 0.605 bits per heavy atom. The largest absolute Gasteiger partial charge is 0.449 e. The summed E-state index contributed by atoms with van der Waals surface area (Å²) in [6.45, 7) is 5.51. The molecule has 1 aromatic carbocycles. The molecule has 0 aromatic heterocycles. The Labute approximate surface area is 780 Å². The Morgan fingerprint density at radius 2 is 0.427 bits per heavy atom. The molecule has 2 rings (SSSR count). The highest BCUT2D eigenvalue weighted by molar-refractivity contribution is 5.92. The van der Waals surface area contributed by atoms with Gasteiger partial charge in [-0.15, -0.1) is 0 Å². The Morgan fingerprint density at radius 1 is 0.258 bits per heavy atom. The van der Waals surface area contributed by atoms with Crippen molar-refractivity contribution < 1.29 is 14.3 Å². The van der Waals surface area contributed by atoms with Gasteiger partial charge in [0.15, 0.2) is 0 Å². The summed E-state index contributed by atoms with van der Waals surface area (Å²) in [6.07, 6.45) is 151. The van der Waals surface area contributed by atoms with Crippen LogP contribution in [-0.4, -0.2) is 37.2 Å². The standard InChI is InChI=1S/C118H227N3O3/c1-4-5-6-7-8-9-10-11-12-13-14-15-16-17-18-19-20-21-22-23-24-25-26-27-28-29-30-31-32-33-34-35-36-37-38-39-40-41-42-43-44-45-46-47-48-49-50-51-52-53-54-55-56-57-58-59-60-61-62-63-64-65-66-67-68-69-70-71-72-73-74-75-76-77-78-79-80-81-82-83-84-85-86-87-88-89-90-91-92-93-94-95-96-97-98-99-100-101-102-105-110-124-118(123)119-115-109-108-113(2)116(111-115)120-117(122)121(3)112-114-106-103-104-107-114/h108-109,111,114H,4-107,110,112H2,1-3H3,(H,119,123)(H,120,122). The highest BCUT2D eigenvalue weighted by Crippen LogP contribution is 2.29. The number of benzene rings is 1. The van der Waals surface area contributed by atoms with E-state index in [0.29, 0.717) is 23.9 Å². The van der Waals surface area contributed by atoms with Gasteiger partial charge in [0.2, 0.25) is 0 Å². The van der Waals surface area contributed by atoms with Crippen molar-refractivity contribution in [1.29, 1.82) is 0 Å². The lowest BCUT2D eigenvalue weighted by molar-refractivity contribution is 0.159. The van der Waals surface area contributed by atoms with Gasteiger partial charge in [-0.05, 0) is 49.8 Å². The van der Waals surface area contributed by atoms with E-state index in [-0.39, 0.29) is 6.03 Å². The van der Waals surface area contributed by atoms with Crippen molar-refractivity contribution in [3.05, 3.63) is 23.8 Å². The van der Waals surface area contributed by atoms with Crippen LogP contribution in [0.15, 0.2) is 18.2 Å². The van der Waals surface area contributed by atoms with E-state index in [1.165, 1.54) is 655 Å². The minimum atomic E-state index is -0.436. The van der Waals surface area contributed by atoms with Crippen LogP contribution in [0.1, 0.15) is 680 Å². The average Bonchev–Trinajstić information content (AvgIpc) is 1.00. The Balaban J connectivity index is 1.10. The van der Waals surface area contributed by atoms with Gasteiger partial charge >= 0.3 is 12.1 Å². The fourth-order valence-electron chi connectivity index (χ4n) is 20.5. The molecule has 1 aromatic rings. The van der Waals surface area contributed by atoms with Crippen molar-refractivity contribution in [2.75, 3.05) is 30.8 Å². The molecular formula is C118H227N3O3. The van der Waals surface area contributed by atoms with Gasteiger partial charge in [0.25, 0.3) is 0 Å². The number of carbonyl (C=O) groups is 2. The van der Waals surface area contributed by atoms with Crippen LogP contribution >= 0.6 is 0 Å². The van der Waals surface area contributed by atoms with Gasteiger partial charge in [-0.25, -0.2) is 9.59 Å². The lowest BCUT2D eigenvalue weighted by atomic mass is 10.0. The smallest absolute Gasteiger partial charge is 0.411 e. The number of hydrogen-bond donors (Lipinski definition) is 2. The van der Waals surface area contributed by atoms with Gasteiger partial charge in [-0.1, -0.05) is 661 Å². The molecule has 6 nitrogen and oxygen atoms in total. The number of rotatable bonds is 105. The van der Waals surface area contributed by atoms with Crippen molar-refractivity contribution in [1.82, 2.24) is 4.90 Å². The lowest BCUT2D eigenvalue weighted by Gasteiger charge is -2.22.